The molecule has 3 nitrogen and oxygen atoms in total. The number of aromatic nitrogens is 2. The first-order valence-corrected chi connectivity index (χ1v) is 5.37. The Balaban J connectivity index is 2.57. The van der Waals surface area contributed by atoms with Crippen LogP contribution in [-0.2, 0) is 7.05 Å². The molecule has 84 valence electrons. The Morgan fingerprint density at radius 1 is 1.60 bits per heavy atom. The van der Waals surface area contributed by atoms with E-state index in [4.69, 9.17) is 0 Å². The molecule has 0 saturated carbocycles. The molecule has 0 saturated heterocycles. The fourth-order valence-corrected chi connectivity index (χ4v) is 1.59. The molecule has 3 heteroatoms. The maximum absolute atomic E-state index is 4.34. The molecule has 1 aromatic heterocycles. The van der Waals surface area contributed by atoms with Crippen molar-refractivity contribution in [3.05, 3.63) is 29.1 Å². The summed E-state index contributed by atoms with van der Waals surface area (Å²) >= 11 is 0. The van der Waals surface area contributed by atoms with Gasteiger partial charge < -0.3 is 5.32 Å². The average Bonchev–Trinajstić information content (AvgIpc) is 2.44. The Hall–Kier alpha value is -1.09. The lowest BCUT2D eigenvalue weighted by molar-refractivity contribution is 0.612. The van der Waals surface area contributed by atoms with E-state index in [0.717, 1.165) is 12.2 Å². The van der Waals surface area contributed by atoms with Gasteiger partial charge in [-0.15, -0.1) is 0 Å². The summed E-state index contributed by atoms with van der Waals surface area (Å²) in [6.45, 7) is 9.36. The molecule has 1 rings (SSSR count). The average molecular weight is 207 g/mol. The zero-order valence-electron chi connectivity index (χ0n) is 10.3. The van der Waals surface area contributed by atoms with Crippen molar-refractivity contribution in [1.82, 2.24) is 15.1 Å². The summed E-state index contributed by atoms with van der Waals surface area (Å²) in [7, 11) is 1.96. The molecule has 0 aliphatic heterocycles. The number of aryl methyl sites for hydroxylation is 2. The summed E-state index contributed by atoms with van der Waals surface area (Å²) in [5.41, 5.74) is 3.73. The highest BCUT2D eigenvalue weighted by atomic mass is 15.3. The minimum Gasteiger partial charge on any atom is -0.307 e. The molecule has 1 aromatic rings. The second-order valence-electron chi connectivity index (χ2n) is 4.25. The highest BCUT2D eigenvalue weighted by Crippen LogP contribution is 2.14. The van der Waals surface area contributed by atoms with Crippen LogP contribution in [0.2, 0.25) is 0 Å². The van der Waals surface area contributed by atoms with Crippen molar-refractivity contribution < 1.29 is 0 Å². The molecule has 0 aliphatic rings. The van der Waals surface area contributed by atoms with Crippen LogP contribution in [0.4, 0.5) is 0 Å². The van der Waals surface area contributed by atoms with E-state index in [1.807, 2.05) is 11.7 Å². The van der Waals surface area contributed by atoms with E-state index in [1.165, 1.54) is 11.1 Å². The molecule has 0 amide bonds. The standard InChI is InChI=1S/C12H21N3/c1-9(2)6-7-13-10(3)12-8-15(5)14-11(12)4/h6,8,10,13H,7H2,1-5H3. The van der Waals surface area contributed by atoms with E-state index in [0.29, 0.717) is 6.04 Å². The van der Waals surface area contributed by atoms with E-state index in [1.54, 1.807) is 0 Å². The second-order valence-corrected chi connectivity index (χ2v) is 4.25. The van der Waals surface area contributed by atoms with Gasteiger partial charge in [-0.2, -0.15) is 5.10 Å². The quantitative estimate of drug-likeness (QED) is 0.768. The molecule has 0 fully saturated rings. The van der Waals surface area contributed by atoms with Gasteiger partial charge in [0.1, 0.15) is 0 Å². The molecule has 15 heavy (non-hydrogen) atoms. The van der Waals surface area contributed by atoms with Gasteiger partial charge in [-0.25, -0.2) is 0 Å². The van der Waals surface area contributed by atoms with Gasteiger partial charge in [0, 0.05) is 31.4 Å². The van der Waals surface area contributed by atoms with Gasteiger partial charge in [0.05, 0.1) is 5.69 Å². The van der Waals surface area contributed by atoms with Crippen LogP contribution in [-0.4, -0.2) is 16.3 Å². The van der Waals surface area contributed by atoms with Gasteiger partial charge in [0.15, 0.2) is 0 Å². The lowest BCUT2D eigenvalue weighted by Crippen LogP contribution is -2.19. The fraction of sp³-hybridized carbons (Fsp3) is 0.583. The molecular weight excluding hydrogens is 186 g/mol. The zero-order chi connectivity index (χ0) is 11.4. The molecule has 0 bridgehead atoms. The third-order valence-corrected chi connectivity index (χ3v) is 2.45. The van der Waals surface area contributed by atoms with Crippen LogP contribution in [0, 0.1) is 6.92 Å². The second kappa shape index (κ2) is 5.12. The predicted octanol–water partition coefficient (Wildman–Crippen LogP) is 2.35. The molecule has 1 N–H and O–H groups in total. The Kier molecular flexibility index (Phi) is 4.09. The van der Waals surface area contributed by atoms with Crippen molar-refractivity contribution in [3.8, 4) is 0 Å². The monoisotopic (exact) mass is 207 g/mol. The first kappa shape index (κ1) is 12.0. The van der Waals surface area contributed by atoms with Crippen LogP contribution in [0.15, 0.2) is 17.8 Å². The van der Waals surface area contributed by atoms with Crippen LogP contribution >= 0.6 is 0 Å². The third kappa shape index (κ3) is 3.51. The number of hydrogen-bond acceptors (Lipinski definition) is 2. The molecular formula is C12H21N3. The number of nitrogens with zero attached hydrogens (tertiary/aromatic N) is 2. The van der Waals surface area contributed by atoms with Gasteiger partial charge in [0.2, 0.25) is 0 Å². The van der Waals surface area contributed by atoms with Crippen molar-refractivity contribution >= 4 is 0 Å². The Labute approximate surface area is 92.2 Å². The summed E-state index contributed by atoms with van der Waals surface area (Å²) in [5, 5.41) is 7.79. The van der Waals surface area contributed by atoms with Gasteiger partial charge in [-0.1, -0.05) is 11.6 Å². The first-order chi connectivity index (χ1) is 7.00. The zero-order valence-corrected chi connectivity index (χ0v) is 10.3. The van der Waals surface area contributed by atoms with Gasteiger partial charge in [-0.05, 0) is 27.7 Å². The van der Waals surface area contributed by atoms with Gasteiger partial charge in [0.25, 0.3) is 0 Å². The summed E-state index contributed by atoms with van der Waals surface area (Å²) < 4.78 is 1.86. The van der Waals surface area contributed by atoms with E-state index < -0.39 is 0 Å². The van der Waals surface area contributed by atoms with Gasteiger partial charge >= 0.3 is 0 Å². The molecule has 1 unspecified atom stereocenters. The topological polar surface area (TPSA) is 29.9 Å². The normalized spacial score (nSPS) is 12.6. The minimum absolute atomic E-state index is 0.356. The van der Waals surface area contributed by atoms with E-state index in [-0.39, 0.29) is 0 Å². The highest BCUT2D eigenvalue weighted by Gasteiger charge is 2.09. The third-order valence-electron chi connectivity index (χ3n) is 2.45. The fourth-order valence-electron chi connectivity index (χ4n) is 1.59. The molecule has 0 spiro atoms. The van der Waals surface area contributed by atoms with E-state index >= 15 is 0 Å². The van der Waals surface area contributed by atoms with Crippen LogP contribution in [0.3, 0.4) is 0 Å². The van der Waals surface area contributed by atoms with Crippen molar-refractivity contribution in [3.63, 3.8) is 0 Å². The summed E-state index contributed by atoms with van der Waals surface area (Å²) in [5.74, 6) is 0. The molecule has 0 radical (unpaired) electrons. The van der Waals surface area contributed by atoms with Crippen LogP contribution < -0.4 is 5.32 Å². The smallest absolute Gasteiger partial charge is 0.0641 e. The van der Waals surface area contributed by atoms with E-state index in [2.05, 4.69) is 50.4 Å². The summed E-state index contributed by atoms with van der Waals surface area (Å²) in [4.78, 5) is 0. The lowest BCUT2D eigenvalue weighted by Gasteiger charge is -2.11. The van der Waals surface area contributed by atoms with E-state index in [9.17, 15) is 0 Å². The first-order valence-electron chi connectivity index (χ1n) is 5.37. The highest BCUT2D eigenvalue weighted by molar-refractivity contribution is 5.19. The van der Waals surface area contributed by atoms with Crippen molar-refractivity contribution in [2.24, 2.45) is 7.05 Å². The maximum Gasteiger partial charge on any atom is 0.0641 e. The summed E-state index contributed by atoms with van der Waals surface area (Å²) in [6.07, 6.45) is 4.28. The predicted molar refractivity (Wildman–Crippen MR) is 63.8 cm³/mol. The van der Waals surface area contributed by atoms with Crippen LogP contribution in [0.25, 0.3) is 0 Å². The summed E-state index contributed by atoms with van der Waals surface area (Å²) in [6, 6.07) is 0.356. The Morgan fingerprint density at radius 2 is 2.27 bits per heavy atom. The van der Waals surface area contributed by atoms with Crippen molar-refractivity contribution in [2.45, 2.75) is 33.7 Å². The largest absolute Gasteiger partial charge is 0.307 e. The van der Waals surface area contributed by atoms with Gasteiger partial charge in [-0.3, -0.25) is 4.68 Å². The van der Waals surface area contributed by atoms with Crippen LogP contribution in [0.1, 0.15) is 38.1 Å². The number of nitrogens with one attached hydrogen (secondary N) is 1. The Bertz CT molecular complexity index is 346. The van der Waals surface area contributed by atoms with Crippen LogP contribution in [0.5, 0.6) is 0 Å². The SMILES string of the molecule is CC(C)=CCNC(C)c1cn(C)nc1C. The molecule has 1 heterocycles. The maximum atomic E-state index is 4.34. The molecule has 1 atom stereocenters. The molecule has 0 aromatic carbocycles. The van der Waals surface area contributed by atoms with Crippen molar-refractivity contribution in [1.29, 1.82) is 0 Å². The number of rotatable bonds is 4. The van der Waals surface area contributed by atoms with Crippen molar-refractivity contribution in [2.75, 3.05) is 6.54 Å². The number of allylic oxidation sites excluding steroid dienone is 1. The Morgan fingerprint density at radius 3 is 2.73 bits per heavy atom. The number of hydrogen-bond donors (Lipinski definition) is 1. The lowest BCUT2D eigenvalue weighted by atomic mass is 10.1. The minimum atomic E-state index is 0.356. The molecule has 0 aliphatic carbocycles.